The summed E-state index contributed by atoms with van der Waals surface area (Å²) in [5, 5.41) is 8.63. The first-order chi connectivity index (χ1) is 18.2. The molecule has 212 valence electrons. The van der Waals surface area contributed by atoms with Crippen molar-refractivity contribution in [3.63, 3.8) is 0 Å². The highest BCUT2D eigenvalue weighted by Gasteiger charge is 2.10. The van der Waals surface area contributed by atoms with Crippen molar-refractivity contribution in [3.8, 4) is 0 Å². The Kier molecular flexibility index (Phi) is 23.4. The number of aliphatic carboxylic acids is 1. The zero-order valence-electron chi connectivity index (χ0n) is 23.4. The maximum Gasteiger partial charge on any atom is 0.303 e. The van der Waals surface area contributed by atoms with Crippen LogP contribution in [-0.4, -0.2) is 43.6 Å². The van der Waals surface area contributed by atoms with Crippen LogP contribution in [0.15, 0.2) is 43.0 Å². The van der Waals surface area contributed by atoms with Crippen molar-refractivity contribution in [1.29, 1.82) is 0 Å². The first-order valence-corrected chi connectivity index (χ1v) is 14.9. The van der Waals surface area contributed by atoms with Crippen molar-refractivity contribution < 1.29 is 24.1 Å². The molecule has 0 fully saturated rings. The Morgan fingerprint density at radius 3 is 1.86 bits per heavy atom. The second-order valence-electron chi connectivity index (χ2n) is 10.1. The molecule has 0 radical (unpaired) electrons. The molecular weight excluding hydrogens is 464 g/mol. The lowest BCUT2D eigenvalue weighted by atomic mass is 10.0. The van der Waals surface area contributed by atoms with Gasteiger partial charge in [-0.3, -0.25) is 4.79 Å². The molecule has 0 saturated heterocycles. The van der Waals surface area contributed by atoms with E-state index in [0.717, 1.165) is 51.7 Å². The maximum absolute atomic E-state index is 10.5. The second-order valence-corrected chi connectivity index (χ2v) is 10.1. The Hall–Kier alpha value is -1.69. The number of carboxylic acid groups (broad SMARTS) is 1. The SMILES string of the molecule is C=CCCCCO[C@H](COCCCCCCCCCCCCCCCC(=O)O)COCc1ccccc1. The highest BCUT2D eigenvalue weighted by molar-refractivity contribution is 5.66. The summed E-state index contributed by atoms with van der Waals surface area (Å²) in [6.45, 7) is 7.06. The van der Waals surface area contributed by atoms with E-state index in [1.807, 2.05) is 24.3 Å². The topological polar surface area (TPSA) is 65.0 Å². The number of hydrogen-bond donors (Lipinski definition) is 1. The average molecular weight is 519 g/mol. The van der Waals surface area contributed by atoms with Crippen molar-refractivity contribution in [2.45, 2.75) is 122 Å². The van der Waals surface area contributed by atoms with Crippen LogP contribution in [0.4, 0.5) is 0 Å². The molecule has 1 aromatic carbocycles. The third kappa shape index (κ3) is 23.2. The van der Waals surface area contributed by atoms with Crippen LogP contribution in [0.25, 0.3) is 0 Å². The Labute approximate surface area is 227 Å². The molecule has 0 saturated carbocycles. The van der Waals surface area contributed by atoms with Crippen LogP contribution in [0.2, 0.25) is 0 Å². The summed E-state index contributed by atoms with van der Waals surface area (Å²) in [4.78, 5) is 10.5. The third-order valence-corrected chi connectivity index (χ3v) is 6.55. The number of carboxylic acids is 1. The van der Waals surface area contributed by atoms with Crippen molar-refractivity contribution in [1.82, 2.24) is 0 Å². The van der Waals surface area contributed by atoms with Gasteiger partial charge in [0.2, 0.25) is 0 Å². The van der Waals surface area contributed by atoms with Gasteiger partial charge < -0.3 is 19.3 Å². The van der Waals surface area contributed by atoms with Crippen molar-refractivity contribution in [2.24, 2.45) is 0 Å². The van der Waals surface area contributed by atoms with E-state index in [2.05, 4.69) is 18.7 Å². The summed E-state index contributed by atoms with van der Waals surface area (Å²) in [7, 11) is 0. The first kappa shape index (κ1) is 33.3. The van der Waals surface area contributed by atoms with Crippen LogP contribution < -0.4 is 0 Å². The Balaban J connectivity index is 1.97. The van der Waals surface area contributed by atoms with Crippen LogP contribution in [-0.2, 0) is 25.6 Å². The molecule has 5 nitrogen and oxygen atoms in total. The Morgan fingerprint density at radius 1 is 0.730 bits per heavy atom. The summed E-state index contributed by atoms with van der Waals surface area (Å²) in [5.74, 6) is -0.669. The van der Waals surface area contributed by atoms with E-state index in [-0.39, 0.29) is 6.10 Å². The van der Waals surface area contributed by atoms with E-state index >= 15 is 0 Å². The van der Waals surface area contributed by atoms with Gasteiger partial charge in [0.25, 0.3) is 0 Å². The van der Waals surface area contributed by atoms with Crippen LogP contribution in [0.3, 0.4) is 0 Å². The summed E-state index contributed by atoms with van der Waals surface area (Å²) in [6, 6.07) is 10.3. The van der Waals surface area contributed by atoms with E-state index in [1.165, 1.54) is 69.8 Å². The minimum atomic E-state index is -0.669. The molecule has 0 spiro atoms. The van der Waals surface area contributed by atoms with E-state index in [1.54, 1.807) is 0 Å². The van der Waals surface area contributed by atoms with Gasteiger partial charge in [0.05, 0.1) is 19.8 Å². The van der Waals surface area contributed by atoms with Gasteiger partial charge in [0.1, 0.15) is 6.10 Å². The van der Waals surface area contributed by atoms with Crippen molar-refractivity contribution >= 4 is 5.97 Å². The molecule has 0 aliphatic heterocycles. The number of hydrogen-bond acceptors (Lipinski definition) is 4. The number of unbranched alkanes of at least 4 members (excludes halogenated alkanes) is 14. The largest absolute Gasteiger partial charge is 0.481 e. The van der Waals surface area contributed by atoms with Gasteiger partial charge in [0.15, 0.2) is 0 Å². The molecule has 0 aliphatic rings. The zero-order valence-corrected chi connectivity index (χ0v) is 23.4. The molecule has 0 amide bonds. The molecule has 0 aromatic heterocycles. The van der Waals surface area contributed by atoms with Crippen molar-refractivity contribution in [3.05, 3.63) is 48.6 Å². The average Bonchev–Trinajstić information content (AvgIpc) is 2.90. The van der Waals surface area contributed by atoms with Crippen LogP contribution in [0.1, 0.15) is 115 Å². The van der Waals surface area contributed by atoms with E-state index in [0.29, 0.717) is 26.2 Å². The van der Waals surface area contributed by atoms with Gasteiger partial charge in [-0.05, 0) is 37.7 Å². The van der Waals surface area contributed by atoms with Gasteiger partial charge in [0, 0.05) is 19.6 Å². The molecular formula is C32H54O5. The molecule has 1 N–H and O–H groups in total. The lowest BCUT2D eigenvalue weighted by Crippen LogP contribution is -2.26. The summed E-state index contributed by atoms with van der Waals surface area (Å²) >= 11 is 0. The third-order valence-electron chi connectivity index (χ3n) is 6.55. The standard InChI is InChI=1S/C32H54O5/c1-2-3-4-21-26-37-31(29-36-27-30-22-17-16-18-23-30)28-35-25-20-15-13-11-9-7-5-6-8-10-12-14-19-24-32(33)34/h2,16-18,22-23,31H,1,3-15,19-21,24-29H2,(H,33,34)/t31-/m1/s1. The zero-order chi connectivity index (χ0) is 26.7. The smallest absolute Gasteiger partial charge is 0.303 e. The highest BCUT2D eigenvalue weighted by Crippen LogP contribution is 2.13. The molecule has 1 aromatic rings. The number of allylic oxidation sites excluding steroid dienone is 1. The van der Waals surface area contributed by atoms with Crippen molar-refractivity contribution in [2.75, 3.05) is 26.4 Å². The second kappa shape index (κ2) is 25.9. The van der Waals surface area contributed by atoms with Crippen LogP contribution in [0, 0.1) is 0 Å². The minimum Gasteiger partial charge on any atom is -0.481 e. The molecule has 0 heterocycles. The van der Waals surface area contributed by atoms with Gasteiger partial charge in [-0.2, -0.15) is 0 Å². The fourth-order valence-corrected chi connectivity index (χ4v) is 4.31. The fourth-order valence-electron chi connectivity index (χ4n) is 4.31. The monoisotopic (exact) mass is 518 g/mol. The number of rotatable bonds is 28. The Morgan fingerprint density at radius 2 is 1.27 bits per heavy atom. The molecule has 0 bridgehead atoms. The molecule has 1 rings (SSSR count). The van der Waals surface area contributed by atoms with Gasteiger partial charge in [-0.15, -0.1) is 6.58 Å². The van der Waals surface area contributed by atoms with Crippen LogP contribution >= 0.6 is 0 Å². The number of carbonyl (C=O) groups is 1. The van der Waals surface area contributed by atoms with E-state index in [4.69, 9.17) is 19.3 Å². The molecule has 37 heavy (non-hydrogen) atoms. The summed E-state index contributed by atoms with van der Waals surface area (Å²) in [6.07, 6.45) is 21.3. The fraction of sp³-hybridized carbons (Fsp3) is 0.719. The lowest BCUT2D eigenvalue weighted by Gasteiger charge is -2.18. The highest BCUT2D eigenvalue weighted by atomic mass is 16.6. The molecule has 0 unspecified atom stereocenters. The minimum absolute atomic E-state index is 0.0165. The van der Waals surface area contributed by atoms with Gasteiger partial charge in [-0.1, -0.05) is 107 Å². The number of benzene rings is 1. The quantitative estimate of drug-likeness (QED) is 0.0889. The van der Waals surface area contributed by atoms with E-state index in [9.17, 15) is 4.79 Å². The summed E-state index contributed by atoms with van der Waals surface area (Å²) < 4.78 is 17.9. The van der Waals surface area contributed by atoms with Gasteiger partial charge in [-0.25, -0.2) is 0 Å². The first-order valence-electron chi connectivity index (χ1n) is 14.9. The number of ether oxygens (including phenoxy) is 3. The molecule has 1 atom stereocenters. The molecule has 0 aliphatic carbocycles. The van der Waals surface area contributed by atoms with Gasteiger partial charge >= 0.3 is 5.97 Å². The molecule has 5 heteroatoms. The van der Waals surface area contributed by atoms with Crippen LogP contribution in [0.5, 0.6) is 0 Å². The predicted molar refractivity (Wildman–Crippen MR) is 153 cm³/mol. The van der Waals surface area contributed by atoms with E-state index < -0.39 is 5.97 Å². The summed E-state index contributed by atoms with van der Waals surface area (Å²) in [5.41, 5.74) is 1.18. The predicted octanol–water partition coefficient (Wildman–Crippen LogP) is 8.51. The maximum atomic E-state index is 10.5. The Bertz CT molecular complexity index is 633. The lowest BCUT2D eigenvalue weighted by molar-refractivity contribution is -0.137. The normalized spacial score (nSPS) is 12.0.